The van der Waals surface area contributed by atoms with Crippen molar-refractivity contribution in [1.29, 1.82) is 5.26 Å². The lowest BCUT2D eigenvalue weighted by atomic mass is 9.97. The Labute approximate surface area is 100 Å². The fourth-order valence-electron chi connectivity index (χ4n) is 1.79. The molecule has 3 heteroatoms. The van der Waals surface area contributed by atoms with Gasteiger partial charge in [0, 0.05) is 11.1 Å². The first-order valence-electron chi connectivity index (χ1n) is 5.57. The van der Waals surface area contributed by atoms with Crippen molar-refractivity contribution in [3.63, 3.8) is 0 Å². The molecule has 0 spiro atoms. The second-order valence-corrected chi connectivity index (χ2v) is 4.27. The van der Waals surface area contributed by atoms with Crippen LogP contribution in [0.25, 0.3) is 10.9 Å². The highest BCUT2D eigenvalue weighted by molar-refractivity contribution is 5.79. The van der Waals surface area contributed by atoms with Crippen molar-refractivity contribution in [2.24, 2.45) is 5.92 Å². The topological polar surface area (TPSA) is 56.9 Å². The van der Waals surface area contributed by atoms with E-state index in [4.69, 9.17) is 5.26 Å². The summed E-state index contributed by atoms with van der Waals surface area (Å²) in [6.07, 6.45) is -0.745. The molecule has 0 saturated carbocycles. The molecule has 86 valence electrons. The van der Waals surface area contributed by atoms with Crippen molar-refractivity contribution < 1.29 is 5.11 Å². The van der Waals surface area contributed by atoms with Gasteiger partial charge in [0.15, 0.2) is 0 Å². The minimum absolute atomic E-state index is 0.411. The van der Waals surface area contributed by atoms with Gasteiger partial charge in [-0.25, -0.2) is 0 Å². The third kappa shape index (κ3) is 2.27. The van der Waals surface area contributed by atoms with Crippen LogP contribution in [0, 0.1) is 24.2 Å². The van der Waals surface area contributed by atoms with Gasteiger partial charge < -0.3 is 5.11 Å². The molecule has 2 aromatic rings. The fourth-order valence-corrected chi connectivity index (χ4v) is 1.79. The minimum Gasteiger partial charge on any atom is -0.387 e. The summed E-state index contributed by atoms with van der Waals surface area (Å²) >= 11 is 0. The van der Waals surface area contributed by atoms with Gasteiger partial charge in [0.05, 0.1) is 23.6 Å². The molecule has 2 unspecified atom stereocenters. The molecule has 1 aromatic heterocycles. The van der Waals surface area contributed by atoms with Gasteiger partial charge in [0.1, 0.15) is 0 Å². The van der Waals surface area contributed by atoms with E-state index in [0.29, 0.717) is 0 Å². The molecule has 2 atom stereocenters. The maximum Gasteiger partial charge on any atom is 0.0945 e. The Balaban J connectivity index is 2.45. The zero-order chi connectivity index (χ0) is 12.4. The van der Waals surface area contributed by atoms with Gasteiger partial charge in [-0.1, -0.05) is 12.1 Å². The lowest BCUT2D eigenvalue weighted by molar-refractivity contribution is 0.143. The molecular weight excluding hydrogens is 212 g/mol. The molecule has 0 aliphatic rings. The number of benzene rings is 1. The van der Waals surface area contributed by atoms with Crippen molar-refractivity contribution in [2.75, 3.05) is 0 Å². The van der Waals surface area contributed by atoms with Crippen molar-refractivity contribution in [1.82, 2.24) is 4.98 Å². The second-order valence-electron chi connectivity index (χ2n) is 4.27. The van der Waals surface area contributed by atoms with Crippen molar-refractivity contribution >= 4 is 10.9 Å². The summed E-state index contributed by atoms with van der Waals surface area (Å²) in [7, 11) is 0. The molecule has 3 nitrogen and oxygen atoms in total. The van der Waals surface area contributed by atoms with E-state index in [-0.39, 0.29) is 0 Å². The van der Waals surface area contributed by atoms with Crippen LogP contribution in [-0.4, -0.2) is 10.1 Å². The Hall–Kier alpha value is -1.92. The van der Waals surface area contributed by atoms with Crippen LogP contribution in [0.15, 0.2) is 30.3 Å². The Kier molecular flexibility index (Phi) is 3.08. The first kappa shape index (κ1) is 11.6. The summed E-state index contributed by atoms with van der Waals surface area (Å²) in [4.78, 5) is 4.39. The average molecular weight is 226 g/mol. The van der Waals surface area contributed by atoms with Crippen LogP contribution in [0.2, 0.25) is 0 Å². The molecule has 0 aliphatic heterocycles. The maximum absolute atomic E-state index is 9.96. The molecule has 0 aliphatic carbocycles. The quantitative estimate of drug-likeness (QED) is 0.856. The van der Waals surface area contributed by atoms with E-state index in [1.165, 1.54) is 0 Å². The number of nitrogens with zero attached hydrogens (tertiary/aromatic N) is 2. The van der Waals surface area contributed by atoms with Gasteiger partial charge in [-0.3, -0.25) is 4.98 Å². The molecule has 1 aromatic carbocycles. The first-order valence-corrected chi connectivity index (χ1v) is 5.57. The third-order valence-corrected chi connectivity index (χ3v) is 2.87. The number of aryl methyl sites for hydroxylation is 1. The molecule has 0 bridgehead atoms. The van der Waals surface area contributed by atoms with E-state index in [0.717, 1.165) is 22.2 Å². The van der Waals surface area contributed by atoms with Gasteiger partial charge in [0.25, 0.3) is 0 Å². The fraction of sp³-hybridized carbons (Fsp3) is 0.286. The van der Waals surface area contributed by atoms with E-state index in [1.54, 1.807) is 6.92 Å². The molecule has 0 fully saturated rings. The molecule has 0 radical (unpaired) electrons. The molecule has 17 heavy (non-hydrogen) atoms. The van der Waals surface area contributed by atoms with Crippen LogP contribution >= 0.6 is 0 Å². The first-order chi connectivity index (χ1) is 8.11. The SMILES string of the molecule is Cc1ccc2cc(C(O)C(C)C#N)ccc2n1. The number of fused-ring (bicyclic) bond motifs is 1. The molecule has 0 amide bonds. The highest BCUT2D eigenvalue weighted by Gasteiger charge is 2.15. The van der Waals surface area contributed by atoms with Gasteiger partial charge in [-0.2, -0.15) is 5.26 Å². The van der Waals surface area contributed by atoms with Crippen LogP contribution in [0.4, 0.5) is 0 Å². The number of aliphatic hydroxyl groups excluding tert-OH is 1. The van der Waals surface area contributed by atoms with E-state index in [9.17, 15) is 5.11 Å². The van der Waals surface area contributed by atoms with E-state index < -0.39 is 12.0 Å². The number of hydrogen-bond acceptors (Lipinski definition) is 3. The molecule has 2 rings (SSSR count). The van der Waals surface area contributed by atoms with E-state index in [2.05, 4.69) is 11.1 Å². The summed E-state index contributed by atoms with van der Waals surface area (Å²) in [6, 6.07) is 11.6. The van der Waals surface area contributed by atoms with Gasteiger partial charge in [0.2, 0.25) is 0 Å². The molecular formula is C14H14N2O. The summed E-state index contributed by atoms with van der Waals surface area (Å²) in [5, 5.41) is 19.7. The van der Waals surface area contributed by atoms with Gasteiger partial charge in [-0.15, -0.1) is 0 Å². The predicted molar refractivity (Wildman–Crippen MR) is 66.2 cm³/mol. The van der Waals surface area contributed by atoms with Crippen LogP contribution in [0.3, 0.4) is 0 Å². The Morgan fingerprint density at radius 1 is 1.29 bits per heavy atom. The van der Waals surface area contributed by atoms with Crippen molar-refractivity contribution in [2.45, 2.75) is 20.0 Å². The maximum atomic E-state index is 9.96. The number of pyridine rings is 1. The smallest absolute Gasteiger partial charge is 0.0945 e. The number of aliphatic hydroxyl groups is 1. The number of rotatable bonds is 2. The van der Waals surface area contributed by atoms with Crippen LogP contribution in [0.1, 0.15) is 24.3 Å². The van der Waals surface area contributed by atoms with Crippen molar-refractivity contribution in [3.05, 3.63) is 41.6 Å². The van der Waals surface area contributed by atoms with Gasteiger partial charge in [-0.05, 0) is 37.6 Å². The lowest BCUT2D eigenvalue weighted by Crippen LogP contribution is -2.06. The largest absolute Gasteiger partial charge is 0.387 e. The average Bonchev–Trinajstić information content (AvgIpc) is 2.36. The summed E-state index contributed by atoms with van der Waals surface area (Å²) in [6.45, 7) is 3.65. The van der Waals surface area contributed by atoms with Crippen LogP contribution in [-0.2, 0) is 0 Å². The minimum atomic E-state index is -0.745. The normalized spacial score (nSPS) is 14.2. The lowest BCUT2D eigenvalue weighted by Gasteiger charge is -2.13. The third-order valence-electron chi connectivity index (χ3n) is 2.87. The Bertz CT molecular complexity index is 586. The molecule has 1 N–H and O–H groups in total. The second kappa shape index (κ2) is 4.52. The highest BCUT2D eigenvalue weighted by Crippen LogP contribution is 2.24. The van der Waals surface area contributed by atoms with Gasteiger partial charge >= 0.3 is 0 Å². The number of aromatic nitrogens is 1. The zero-order valence-electron chi connectivity index (χ0n) is 9.88. The van der Waals surface area contributed by atoms with E-state index in [1.807, 2.05) is 37.3 Å². The summed E-state index contributed by atoms with van der Waals surface area (Å²) < 4.78 is 0. The van der Waals surface area contributed by atoms with Crippen LogP contribution in [0.5, 0.6) is 0 Å². The highest BCUT2D eigenvalue weighted by atomic mass is 16.3. The van der Waals surface area contributed by atoms with E-state index >= 15 is 0 Å². The predicted octanol–water partition coefficient (Wildman–Crippen LogP) is 2.74. The Morgan fingerprint density at radius 2 is 2.06 bits per heavy atom. The zero-order valence-corrected chi connectivity index (χ0v) is 9.88. The number of hydrogen-bond donors (Lipinski definition) is 1. The Morgan fingerprint density at radius 3 is 2.76 bits per heavy atom. The van der Waals surface area contributed by atoms with Crippen molar-refractivity contribution in [3.8, 4) is 6.07 Å². The summed E-state index contributed by atoms with van der Waals surface area (Å²) in [5.41, 5.74) is 2.64. The molecule has 0 saturated heterocycles. The molecule has 1 heterocycles. The standard InChI is InChI=1S/C14H14N2O/c1-9(8-15)14(17)12-5-6-13-11(7-12)4-3-10(2)16-13/h3-7,9,14,17H,1-2H3. The summed E-state index contributed by atoms with van der Waals surface area (Å²) in [5.74, 6) is -0.411. The van der Waals surface area contributed by atoms with Crippen LogP contribution < -0.4 is 0 Å². The monoisotopic (exact) mass is 226 g/mol. The number of nitriles is 1.